The van der Waals surface area contributed by atoms with E-state index >= 15 is 0 Å². The van der Waals surface area contributed by atoms with Crippen LogP contribution in [0.2, 0.25) is 0 Å². The third-order valence-electron chi connectivity index (χ3n) is 3.77. The van der Waals surface area contributed by atoms with Crippen LogP contribution in [0.4, 0.5) is 0 Å². The lowest BCUT2D eigenvalue weighted by Crippen LogP contribution is -2.39. The van der Waals surface area contributed by atoms with Gasteiger partial charge in [0.05, 0.1) is 11.0 Å². The van der Waals surface area contributed by atoms with Gasteiger partial charge in [-0.25, -0.2) is 4.98 Å². The average Bonchev–Trinajstić information content (AvgIpc) is 2.85. The van der Waals surface area contributed by atoms with Crippen LogP contribution in [0, 0.1) is 6.92 Å². The van der Waals surface area contributed by atoms with Gasteiger partial charge in [0.15, 0.2) is 5.96 Å². The second-order valence-electron chi connectivity index (χ2n) is 5.43. The van der Waals surface area contributed by atoms with Crippen molar-refractivity contribution in [2.24, 2.45) is 4.99 Å². The van der Waals surface area contributed by atoms with Gasteiger partial charge in [0.1, 0.15) is 5.82 Å². The van der Waals surface area contributed by atoms with E-state index in [0.29, 0.717) is 0 Å². The van der Waals surface area contributed by atoms with Gasteiger partial charge >= 0.3 is 0 Å². The molecule has 0 aliphatic rings. The summed E-state index contributed by atoms with van der Waals surface area (Å²) >= 11 is 0. The second kappa shape index (κ2) is 8.41. The number of guanidine groups is 1. The fraction of sp³-hybridized carbons (Fsp3) is 0.529. The molecule has 2 aromatic rings. The highest BCUT2D eigenvalue weighted by atomic mass is 15.2. The third-order valence-corrected chi connectivity index (χ3v) is 3.77. The van der Waals surface area contributed by atoms with Gasteiger partial charge < -0.3 is 15.2 Å². The highest BCUT2D eigenvalue weighted by Crippen LogP contribution is 2.14. The van der Waals surface area contributed by atoms with Crippen LogP contribution in [0.25, 0.3) is 11.0 Å². The van der Waals surface area contributed by atoms with Crippen molar-refractivity contribution < 1.29 is 0 Å². The zero-order chi connectivity index (χ0) is 15.8. The lowest BCUT2D eigenvalue weighted by molar-refractivity contribution is 0.648. The molecule has 0 aliphatic carbocycles. The molecule has 0 saturated heterocycles. The first kappa shape index (κ1) is 16.3. The third kappa shape index (κ3) is 4.23. The summed E-state index contributed by atoms with van der Waals surface area (Å²) < 4.78 is 2.24. The van der Waals surface area contributed by atoms with Crippen LogP contribution in [0.15, 0.2) is 29.3 Å². The number of para-hydroxylation sites is 2. The van der Waals surface area contributed by atoms with Crippen LogP contribution < -0.4 is 10.6 Å². The molecule has 0 saturated carbocycles. The van der Waals surface area contributed by atoms with E-state index in [1.165, 1.54) is 24.8 Å². The molecule has 0 unspecified atom stereocenters. The molecule has 0 atom stereocenters. The highest BCUT2D eigenvalue weighted by Gasteiger charge is 2.06. The number of hydrogen-bond acceptors (Lipinski definition) is 2. The van der Waals surface area contributed by atoms with Crippen LogP contribution in [-0.2, 0) is 6.54 Å². The van der Waals surface area contributed by atoms with Gasteiger partial charge in [-0.05, 0) is 25.5 Å². The van der Waals surface area contributed by atoms with Crippen LogP contribution in [-0.4, -0.2) is 35.6 Å². The maximum atomic E-state index is 4.59. The maximum Gasteiger partial charge on any atom is 0.191 e. The number of aliphatic imine (C=N–C) groups is 1. The molecule has 0 radical (unpaired) electrons. The number of benzene rings is 1. The summed E-state index contributed by atoms with van der Waals surface area (Å²) in [6.07, 6.45) is 3.67. The number of fused-ring (bicyclic) bond motifs is 1. The van der Waals surface area contributed by atoms with Gasteiger partial charge in [0.2, 0.25) is 0 Å². The van der Waals surface area contributed by atoms with Gasteiger partial charge in [-0.2, -0.15) is 0 Å². The van der Waals surface area contributed by atoms with E-state index in [-0.39, 0.29) is 0 Å². The topological polar surface area (TPSA) is 54.2 Å². The van der Waals surface area contributed by atoms with E-state index in [1.807, 2.05) is 13.1 Å². The number of unbranched alkanes of at least 4 members (excludes halogenated alkanes) is 2. The fourth-order valence-corrected chi connectivity index (χ4v) is 2.57. The number of aryl methyl sites for hydroxylation is 1. The average molecular weight is 301 g/mol. The zero-order valence-electron chi connectivity index (χ0n) is 13.9. The van der Waals surface area contributed by atoms with Crippen LogP contribution >= 0.6 is 0 Å². The molecule has 22 heavy (non-hydrogen) atoms. The Kier molecular flexibility index (Phi) is 6.25. The first-order valence-corrected chi connectivity index (χ1v) is 8.12. The molecule has 0 amide bonds. The van der Waals surface area contributed by atoms with E-state index in [1.54, 1.807) is 0 Å². The molecule has 0 spiro atoms. The Balaban J connectivity index is 1.85. The van der Waals surface area contributed by atoms with Crippen LogP contribution in [0.1, 0.15) is 32.0 Å². The Morgan fingerprint density at radius 2 is 1.95 bits per heavy atom. The lowest BCUT2D eigenvalue weighted by atomic mass is 10.2. The Bertz CT molecular complexity index is 615. The van der Waals surface area contributed by atoms with Crippen molar-refractivity contribution in [3.63, 3.8) is 0 Å². The molecule has 0 fully saturated rings. The van der Waals surface area contributed by atoms with E-state index in [0.717, 1.165) is 36.9 Å². The molecule has 1 aromatic carbocycles. The number of nitrogens with one attached hydrogen (secondary N) is 2. The number of imidazole rings is 1. The molecule has 0 bridgehead atoms. The van der Waals surface area contributed by atoms with Crippen LogP contribution in [0.5, 0.6) is 0 Å². The minimum atomic E-state index is 0.828. The molecule has 2 N–H and O–H groups in total. The van der Waals surface area contributed by atoms with E-state index in [9.17, 15) is 0 Å². The summed E-state index contributed by atoms with van der Waals surface area (Å²) in [5.41, 5.74) is 2.25. The quantitative estimate of drug-likeness (QED) is 0.470. The SMILES string of the molecule is CCCCCNC(=NC)NCCn1c(C)nc2ccccc21. The molecular weight excluding hydrogens is 274 g/mol. The van der Waals surface area contributed by atoms with Crippen LogP contribution in [0.3, 0.4) is 0 Å². The Labute approximate surface area is 132 Å². The minimum Gasteiger partial charge on any atom is -0.356 e. The predicted molar refractivity (Wildman–Crippen MR) is 93.4 cm³/mol. The normalized spacial score (nSPS) is 11.9. The maximum absolute atomic E-state index is 4.59. The fourth-order valence-electron chi connectivity index (χ4n) is 2.57. The van der Waals surface area contributed by atoms with E-state index in [4.69, 9.17) is 0 Å². The Morgan fingerprint density at radius 3 is 2.73 bits per heavy atom. The van der Waals surface area contributed by atoms with Crippen molar-refractivity contribution in [1.29, 1.82) is 0 Å². The number of hydrogen-bond donors (Lipinski definition) is 2. The van der Waals surface area contributed by atoms with Crippen molar-refractivity contribution in [3.8, 4) is 0 Å². The van der Waals surface area contributed by atoms with Gasteiger partial charge in [0.25, 0.3) is 0 Å². The van der Waals surface area contributed by atoms with Crippen molar-refractivity contribution in [1.82, 2.24) is 20.2 Å². The Hall–Kier alpha value is -2.04. The van der Waals surface area contributed by atoms with Crippen molar-refractivity contribution in [2.75, 3.05) is 20.1 Å². The molecule has 120 valence electrons. The smallest absolute Gasteiger partial charge is 0.191 e. The van der Waals surface area contributed by atoms with Gasteiger partial charge in [-0.3, -0.25) is 4.99 Å². The summed E-state index contributed by atoms with van der Waals surface area (Å²) in [7, 11) is 1.81. The molecule has 1 heterocycles. The largest absolute Gasteiger partial charge is 0.356 e. The molecular formula is C17H27N5. The summed E-state index contributed by atoms with van der Waals surface area (Å²) in [4.78, 5) is 8.85. The number of aromatic nitrogens is 2. The van der Waals surface area contributed by atoms with Crippen molar-refractivity contribution >= 4 is 17.0 Å². The zero-order valence-corrected chi connectivity index (χ0v) is 13.9. The summed E-state index contributed by atoms with van der Waals surface area (Å²) in [6, 6.07) is 8.26. The van der Waals surface area contributed by atoms with Gasteiger partial charge in [0, 0.05) is 26.7 Å². The molecule has 2 rings (SSSR count). The van der Waals surface area contributed by atoms with E-state index in [2.05, 4.69) is 57.2 Å². The van der Waals surface area contributed by atoms with Crippen molar-refractivity contribution in [3.05, 3.63) is 30.1 Å². The first-order valence-electron chi connectivity index (χ1n) is 8.12. The molecule has 5 nitrogen and oxygen atoms in total. The minimum absolute atomic E-state index is 0.828. The number of rotatable bonds is 7. The van der Waals surface area contributed by atoms with Gasteiger partial charge in [-0.1, -0.05) is 31.9 Å². The molecule has 1 aromatic heterocycles. The summed E-state index contributed by atoms with van der Waals surface area (Å²) in [5, 5.41) is 6.72. The Morgan fingerprint density at radius 1 is 1.18 bits per heavy atom. The number of nitrogens with zero attached hydrogens (tertiary/aromatic N) is 3. The standard InChI is InChI=1S/C17H27N5/c1-4-5-8-11-19-17(18-3)20-12-13-22-14(2)21-15-9-6-7-10-16(15)22/h6-7,9-10H,4-5,8,11-13H2,1-3H3,(H2,18,19,20). The first-order chi connectivity index (χ1) is 10.8. The van der Waals surface area contributed by atoms with Gasteiger partial charge in [-0.15, -0.1) is 0 Å². The summed E-state index contributed by atoms with van der Waals surface area (Å²) in [5.74, 6) is 1.92. The van der Waals surface area contributed by atoms with Crippen molar-refractivity contribution in [2.45, 2.75) is 39.7 Å². The highest BCUT2D eigenvalue weighted by molar-refractivity contribution is 5.79. The lowest BCUT2D eigenvalue weighted by Gasteiger charge is -2.13. The molecule has 5 heteroatoms. The molecule has 0 aliphatic heterocycles. The van der Waals surface area contributed by atoms with E-state index < -0.39 is 0 Å². The second-order valence-corrected chi connectivity index (χ2v) is 5.43. The monoisotopic (exact) mass is 301 g/mol. The predicted octanol–water partition coefficient (Wildman–Crippen LogP) is 2.70. The summed E-state index contributed by atoms with van der Waals surface area (Å²) in [6.45, 7) is 6.94.